The van der Waals surface area contributed by atoms with E-state index >= 15 is 0 Å². The van der Waals surface area contributed by atoms with E-state index in [0.29, 0.717) is 11.8 Å². The van der Waals surface area contributed by atoms with Gasteiger partial charge in [0.15, 0.2) is 0 Å². The predicted octanol–water partition coefficient (Wildman–Crippen LogP) is -2.48. The fourth-order valence-electron chi connectivity index (χ4n) is 1.73. The number of carbonyl (C=O) groups is 6. The molecule has 0 rings (SSSR count). The van der Waals surface area contributed by atoms with Crippen LogP contribution >= 0.6 is 11.8 Å². The average molecular weight is 487 g/mol. The molecule has 2 amide bonds. The van der Waals surface area contributed by atoms with E-state index in [2.05, 4.69) is 5.32 Å². The van der Waals surface area contributed by atoms with Crippen LogP contribution in [0.2, 0.25) is 0 Å². The van der Waals surface area contributed by atoms with Gasteiger partial charge < -0.3 is 36.8 Å². The van der Waals surface area contributed by atoms with Gasteiger partial charge in [-0.1, -0.05) is 0 Å². The minimum absolute atomic E-state index is 0. The van der Waals surface area contributed by atoms with E-state index in [1.54, 1.807) is 0 Å². The maximum Gasteiger partial charge on any atom is 0.322 e. The summed E-state index contributed by atoms with van der Waals surface area (Å²) >= 11 is 0.578. The summed E-state index contributed by atoms with van der Waals surface area (Å²) in [7, 11) is 0. The van der Waals surface area contributed by atoms with Crippen LogP contribution in [0.25, 0.3) is 0 Å². The normalized spacial score (nSPS) is 13.1. The fourth-order valence-corrected chi connectivity index (χ4v) is 2.80. The van der Waals surface area contributed by atoms with E-state index in [1.165, 1.54) is 0 Å². The van der Waals surface area contributed by atoms with Crippen LogP contribution in [0, 0.1) is 0 Å². The minimum atomic E-state index is -1.43. The molecule has 0 spiro atoms. The summed E-state index contributed by atoms with van der Waals surface area (Å²) in [6, 6.07) is -2.67. The van der Waals surface area contributed by atoms with Gasteiger partial charge in [0.1, 0.15) is 23.9 Å². The summed E-state index contributed by atoms with van der Waals surface area (Å²) < 4.78 is 0. The zero-order valence-corrected chi connectivity index (χ0v) is 16.6. The number of nitrogens with two attached hydrogens (primary N) is 1. The predicted molar refractivity (Wildman–Crippen MR) is 93.6 cm³/mol. The number of thioether (sulfide) groups is 1. The number of carbonyl (C=O) groups excluding carboxylic acids is 2. The van der Waals surface area contributed by atoms with Gasteiger partial charge in [-0.05, 0) is 6.42 Å². The summed E-state index contributed by atoms with van der Waals surface area (Å²) in [5.74, 6) is -7.53. The molecule has 0 aliphatic heterocycles. The fraction of sp³-hybridized carbons (Fsp3) is 0.571. The Morgan fingerprint density at radius 3 is 1.97 bits per heavy atom. The van der Waals surface area contributed by atoms with Crippen LogP contribution in [0.15, 0.2) is 0 Å². The second-order valence-electron chi connectivity index (χ2n) is 5.47. The monoisotopic (exact) mass is 486 g/mol. The first-order chi connectivity index (χ1) is 12.9. The van der Waals surface area contributed by atoms with Gasteiger partial charge in [-0.2, -0.15) is 0 Å². The van der Waals surface area contributed by atoms with E-state index in [1.807, 2.05) is 5.32 Å². The van der Waals surface area contributed by atoms with Crippen LogP contribution in [-0.4, -0.2) is 85.7 Å². The van der Waals surface area contributed by atoms with E-state index < -0.39 is 66.0 Å². The molecule has 0 bridgehead atoms. The van der Waals surface area contributed by atoms with Crippen molar-refractivity contribution in [3.8, 4) is 0 Å². The van der Waals surface area contributed by atoms with E-state index in [-0.39, 0.29) is 35.7 Å². The van der Waals surface area contributed by atoms with Gasteiger partial charge in [-0.25, -0.2) is 0 Å². The summed E-state index contributed by atoms with van der Waals surface area (Å²) in [6.07, 6.45) is -1.31. The zero-order chi connectivity index (χ0) is 21.9. The van der Waals surface area contributed by atoms with Crippen molar-refractivity contribution in [3.63, 3.8) is 0 Å². The molecule has 13 nitrogen and oxygen atoms in total. The number of nitrogens with one attached hydrogen (secondary N) is 2. The van der Waals surface area contributed by atoms with Crippen molar-refractivity contribution in [2.45, 2.75) is 36.6 Å². The van der Waals surface area contributed by atoms with E-state index in [0.717, 1.165) is 0 Å². The van der Waals surface area contributed by atoms with Crippen molar-refractivity contribution in [3.05, 3.63) is 0 Å². The van der Waals surface area contributed by atoms with Crippen molar-refractivity contribution in [1.29, 1.82) is 0 Å². The summed E-state index contributed by atoms with van der Waals surface area (Å²) in [5.41, 5.74) is 5.27. The molecule has 0 aromatic carbocycles. The van der Waals surface area contributed by atoms with Crippen molar-refractivity contribution < 1.29 is 66.3 Å². The van der Waals surface area contributed by atoms with Crippen molar-refractivity contribution >= 4 is 47.5 Å². The van der Waals surface area contributed by atoms with Gasteiger partial charge in [0.2, 0.25) is 11.8 Å². The van der Waals surface area contributed by atoms with Gasteiger partial charge in [0.05, 0.1) is 6.42 Å². The van der Waals surface area contributed by atoms with Crippen LogP contribution in [0.4, 0.5) is 0 Å². The quantitative estimate of drug-likeness (QED) is 0.126. The van der Waals surface area contributed by atoms with Gasteiger partial charge >= 0.3 is 23.9 Å². The first-order valence-corrected chi connectivity index (χ1v) is 8.82. The molecule has 0 fully saturated rings. The molecule has 0 aliphatic carbocycles. The summed E-state index contributed by atoms with van der Waals surface area (Å²) in [4.78, 5) is 66.9. The van der Waals surface area contributed by atoms with Gasteiger partial charge in [-0.15, -0.1) is 11.8 Å². The maximum absolute atomic E-state index is 12.0. The first kappa shape index (κ1) is 28.9. The smallest absolute Gasteiger partial charge is 0.322 e. The molecule has 0 aromatic rings. The summed E-state index contributed by atoms with van der Waals surface area (Å²) in [6.45, 7) is -0.753. The number of carboxylic acids is 4. The second-order valence-corrected chi connectivity index (χ2v) is 6.71. The number of hydrogen-bond donors (Lipinski definition) is 7. The van der Waals surface area contributed by atoms with E-state index in [4.69, 9.17) is 26.2 Å². The molecule has 3 atom stereocenters. The van der Waals surface area contributed by atoms with Crippen LogP contribution in [-0.2, 0) is 45.8 Å². The van der Waals surface area contributed by atoms with Crippen LogP contribution in [0.5, 0.6) is 0 Å². The molecular formula is C14H21CuN3O10S. The molecule has 0 heterocycles. The molecule has 0 aromatic heterocycles. The maximum atomic E-state index is 12.0. The van der Waals surface area contributed by atoms with Crippen LogP contribution in [0.3, 0.4) is 0 Å². The first-order valence-electron chi connectivity index (χ1n) is 7.77. The Bertz CT molecular complexity index is 633. The molecule has 169 valence electrons. The molecule has 0 saturated carbocycles. The molecule has 15 heteroatoms. The molecule has 8 N–H and O–H groups in total. The Hall–Kier alpha value is -2.35. The van der Waals surface area contributed by atoms with Gasteiger partial charge in [0, 0.05) is 29.2 Å². The Morgan fingerprint density at radius 2 is 1.52 bits per heavy atom. The van der Waals surface area contributed by atoms with Crippen molar-refractivity contribution in [1.82, 2.24) is 10.6 Å². The van der Waals surface area contributed by atoms with E-state index in [9.17, 15) is 28.8 Å². The number of rotatable bonds is 14. The molecule has 1 radical (unpaired) electrons. The largest absolute Gasteiger partial charge is 0.481 e. The summed E-state index contributed by atoms with van der Waals surface area (Å²) in [5, 5.41) is 37.8. The molecule has 0 saturated heterocycles. The van der Waals surface area contributed by atoms with Gasteiger partial charge in [0.25, 0.3) is 0 Å². The standard InChI is InChI=1S/C14H21N3O10S.Cu/c15-6(13(24)25)1-2-9(18)17-7(12(23)16-4-11(21)22)5-28-8(14(26)27)3-10(19)20;/h6-8H,1-5,15H2,(H,16,23)(H,17,18)(H,19,20)(H,21,22)(H,24,25)(H,26,27);/t6-,7-,8?;/m0./s1. The van der Waals surface area contributed by atoms with Crippen molar-refractivity contribution in [2.75, 3.05) is 12.3 Å². The van der Waals surface area contributed by atoms with Gasteiger partial charge in [-0.3, -0.25) is 28.8 Å². The number of hydrogen-bond acceptors (Lipinski definition) is 8. The Morgan fingerprint density at radius 1 is 0.931 bits per heavy atom. The number of carboxylic acid groups (broad SMARTS) is 4. The average Bonchev–Trinajstić information content (AvgIpc) is 2.58. The molecule has 1 unspecified atom stereocenters. The van der Waals surface area contributed by atoms with Crippen LogP contribution in [0.1, 0.15) is 19.3 Å². The number of aliphatic carboxylic acids is 4. The van der Waals surface area contributed by atoms with Crippen molar-refractivity contribution in [2.24, 2.45) is 5.73 Å². The zero-order valence-electron chi connectivity index (χ0n) is 14.8. The SMILES string of the molecule is N[C@@H](CCC(=O)N[C@@H](CSC(CC(=O)O)C(=O)O)C(=O)NCC(=O)O)C(=O)O.[Cu]. The third-order valence-electron chi connectivity index (χ3n) is 3.16. The third-order valence-corrected chi connectivity index (χ3v) is 4.46. The molecule has 29 heavy (non-hydrogen) atoms. The van der Waals surface area contributed by atoms with Crippen LogP contribution < -0.4 is 16.4 Å². The third kappa shape index (κ3) is 13.5. The Labute approximate surface area is 179 Å². The molecule has 0 aliphatic rings. The Balaban J connectivity index is 0. The number of amides is 2. The second kappa shape index (κ2) is 14.6. The minimum Gasteiger partial charge on any atom is -0.481 e. The topological polar surface area (TPSA) is 233 Å². The Kier molecular flexibility index (Phi) is 14.5. The molecular weight excluding hydrogens is 466 g/mol.